The summed E-state index contributed by atoms with van der Waals surface area (Å²) in [5, 5.41) is 4.98. The number of rotatable bonds is 4. The zero-order valence-electron chi connectivity index (χ0n) is 17.4. The number of anilines is 1. The van der Waals surface area contributed by atoms with Crippen LogP contribution in [0.3, 0.4) is 0 Å². The van der Waals surface area contributed by atoms with Crippen LogP contribution < -0.4 is 11.3 Å². The molecule has 8 nitrogen and oxygen atoms in total. The SMILES string of the molecule is Cn1cc(-c2c(-c3cccc(Cl)c3)nc(N)n3nc(Cc4ncccc4F)nc23)ccc1=O. The summed E-state index contributed by atoms with van der Waals surface area (Å²) in [6.07, 6.45) is 3.28. The van der Waals surface area contributed by atoms with E-state index >= 15 is 0 Å². The van der Waals surface area contributed by atoms with Gasteiger partial charge >= 0.3 is 0 Å². The van der Waals surface area contributed by atoms with Gasteiger partial charge in [-0.15, -0.1) is 5.10 Å². The summed E-state index contributed by atoms with van der Waals surface area (Å²) in [4.78, 5) is 25.3. The van der Waals surface area contributed by atoms with E-state index < -0.39 is 5.82 Å². The Morgan fingerprint density at radius 1 is 1.09 bits per heavy atom. The average molecular weight is 462 g/mol. The van der Waals surface area contributed by atoms with Gasteiger partial charge < -0.3 is 10.3 Å². The first kappa shape index (κ1) is 20.8. The fourth-order valence-corrected chi connectivity index (χ4v) is 3.82. The normalized spacial score (nSPS) is 11.2. The van der Waals surface area contributed by atoms with Gasteiger partial charge in [0.2, 0.25) is 11.5 Å². The molecule has 164 valence electrons. The van der Waals surface area contributed by atoms with E-state index in [9.17, 15) is 9.18 Å². The number of nitrogens with zero attached hydrogens (tertiary/aromatic N) is 6. The summed E-state index contributed by atoms with van der Waals surface area (Å²) < 4.78 is 17.0. The number of aryl methyl sites for hydroxylation is 1. The van der Waals surface area contributed by atoms with Crippen LogP contribution in [0.15, 0.2) is 65.7 Å². The van der Waals surface area contributed by atoms with Gasteiger partial charge in [0.15, 0.2) is 11.5 Å². The molecule has 33 heavy (non-hydrogen) atoms. The van der Waals surface area contributed by atoms with Crippen LogP contribution in [0.25, 0.3) is 28.0 Å². The predicted molar refractivity (Wildman–Crippen MR) is 123 cm³/mol. The third-order valence-corrected chi connectivity index (χ3v) is 5.42. The molecule has 4 aromatic heterocycles. The van der Waals surface area contributed by atoms with Gasteiger partial charge in [-0.2, -0.15) is 4.52 Å². The monoisotopic (exact) mass is 461 g/mol. The molecular formula is C23H17ClFN7O. The van der Waals surface area contributed by atoms with Gasteiger partial charge in [0, 0.05) is 41.7 Å². The van der Waals surface area contributed by atoms with Crippen molar-refractivity contribution in [2.45, 2.75) is 6.42 Å². The lowest BCUT2D eigenvalue weighted by Crippen LogP contribution is -2.14. The number of pyridine rings is 2. The van der Waals surface area contributed by atoms with Crippen molar-refractivity contribution >= 4 is 23.2 Å². The van der Waals surface area contributed by atoms with Crippen LogP contribution in [0.2, 0.25) is 5.02 Å². The van der Waals surface area contributed by atoms with Crippen molar-refractivity contribution < 1.29 is 4.39 Å². The van der Waals surface area contributed by atoms with Crippen molar-refractivity contribution in [1.82, 2.24) is 29.1 Å². The molecule has 0 bridgehead atoms. The standard InChI is InChI=1S/C23H17ClFN7O/c1-31-12-14(7-8-19(31)33)20-21(13-4-2-5-15(24)10-13)29-23(26)32-22(20)28-18(30-32)11-17-16(25)6-3-9-27-17/h2-10,12H,11H2,1H3,(H2,26,29). The van der Waals surface area contributed by atoms with Crippen LogP contribution in [-0.4, -0.2) is 29.1 Å². The summed E-state index contributed by atoms with van der Waals surface area (Å²) >= 11 is 6.23. The van der Waals surface area contributed by atoms with Crippen molar-refractivity contribution in [1.29, 1.82) is 0 Å². The topological polar surface area (TPSA) is 104 Å². The number of nitrogens with two attached hydrogens (primary N) is 1. The second-order valence-corrected chi connectivity index (χ2v) is 7.88. The molecule has 0 fully saturated rings. The van der Waals surface area contributed by atoms with Gasteiger partial charge in [-0.3, -0.25) is 9.78 Å². The lowest BCUT2D eigenvalue weighted by molar-refractivity contribution is 0.601. The van der Waals surface area contributed by atoms with Gasteiger partial charge in [-0.05, 0) is 30.3 Å². The Balaban J connectivity index is 1.78. The summed E-state index contributed by atoms with van der Waals surface area (Å²) in [6.45, 7) is 0. The molecule has 5 aromatic rings. The number of hydrogen-bond acceptors (Lipinski definition) is 6. The van der Waals surface area contributed by atoms with E-state index in [2.05, 4.69) is 20.1 Å². The van der Waals surface area contributed by atoms with E-state index in [1.54, 1.807) is 31.4 Å². The molecule has 0 aliphatic carbocycles. The van der Waals surface area contributed by atoms with E-state index in [1.807, 2.05) is 12.1 Å². The maximum atomic E-state index is 14.2. The Morgan fingerprint density at radius 3 is 2.70 bits per heavy atom. The third-order valence-electron chi connectivity index (χ3n) is 5.19. The average Bonchev–Trinajstić information content (AvgIpc) is 3.21. The summed E-state index contributed by atoms with van der Waals surface area (Å²) in [6, 6.07) is 13.2. The van der Waals surface area contributed by atoms with Gasteiger partial charge in [0.05, 0.1) is 23.4 Å². The Labute approximate surface area is 192 Å². The van der Waals surface area contributed by atoms with E-state index in [0.717, 1.165) is 5.56 Å². The highest BCUT2D eigenvalue weighted by Gasteiger charge is 2.21. The molecule has 1 aromatic carbocycles. The molecule has 0 spiro atoms. The van der Waals surface area contributed by atoms with Crippen LogP contribution in [0.5, 0.6) is 0 Å². The molecule has 5 rings (SSSR count). The highest BCUT2D eigenvalue weighted by Crippen LogP contribution is 2.35. The fourth-order valence-electron chi connectivity index (χ4n) is 3.63. The number of hydrogen-bond donors (Lipinski definition) is 1. The zero-order valence-corrected chi connectivity index (χ0v) is 18.2. The van der Waals surface area contributed by atoms with Gasteiger partial charge in [-0.25, -0.2) is 14.4 Å². The number of halogens is 2. The highest BCUT2D eigenvalue weighted by atomic mass is 35.5. The lowest BCUT2D eigenvalue weighted by atomic mass is 10.0. The summed E-state index contributed by atoms with van der Waals surface area (Å²) in [5.41, 5.74) is 9.28. The Kier molecular flexibility index (Phi) is 5.10. The van der Waals surface area contributed by atoms with Crippen LogP contribution in [-0.2, 0) is 13.5 Å². The second-order valence-electron chi connectivity index (χ2n) is 7.44. The van der Waals surface area contributed by atoms with Crippen molar-refractivity contribution in [3.8, 4) is 22.4 Å². The maximum Gasteiger partial charge on any atom is 0.250 e. The highest BCUT2D eigenvalue weighted by molar-refractivity contribution is 6.30. The Hall–Kier alpha value is -4.11. The summed E-state index contributed by atoms with van der Waals surface area (Å²) in [7, 11) is 1.66. The molecule has 0 saturated carbocycles. The molecule has 0 saturated heterocycles. The smallest absolute Gasteiger partial charge is 0.250 e. The quantitative estimate of drug-likeness (QED) is 0.439. The number of benzene rings is 1. The summed E-state index contributed by atoms with van der Waals surface area (Å²) in [5.74, 6) is -0.00967. The van der Waals surface area contributed by atoms with Crippen LogP contribution >= 0.6 is 11.6 Å². The minimum absolute atomic E-state index is 0.0764. The first-order valence-electron chi connectivity index (χ1n) is 9.98. The van der Waals surface area contributed by atoms with Crippen molar-refractivity contribution in [2.24, 2.45) is 7.05 Å². The van der Waals surface area contributed by atoms with E-state index in [1.165, 1.54) is 33.5 Å². The maximum absolute atomic E-state index is 14.2. The molecule has 0 aliphatic rings. The predicted octanol–water partition coefficient (Wildman–Crippen LogP) is 3.52. The van der Waals surface area contributed by atoms with Crippen LogP contribution in [0.1, 0.15) is 11.5 Å². The fraction of sp³-hybridized carbons (Fsp3) is 0.0870. The zero-order chi connectivity index (χ0) is 23.1. The minimum Gasteiger partial charge on any atom is -0.368 e. The molecular weight excluding hydrogens is 445 g/mol. The number of nitrogen functional groups attached to an aromatic ring is 1. The van der Waals surface area contributed by atoms with Crippen LogP contribution in [0.4, 0.5) is 10.3 Å². The third kappa shape index (κ3) is 3.83. The first-order chi connectivity index (χ1) is 15.9. The molecule has 4 heterocycles. The van der Waals surface area contributed by atoms with Crippen LogP contribution in [0, 0.1) is 5.82 Å². The van der Waals surface area contributed by atoms with Gasteiger partial charge in [-0.1, -0.05) is 23.7 Å². The molecule has 2 N–H and O–H groups in total. The van der Waals surface area contributed by atoms with Crippen molar-refractivity contribution in [3.63, 3.8) is 0 Å². The Morgan fingerprint density at radius 2 is 1.94 bits per heavy atom. The first-order valence-corrected chi connectivity index (χ1v) is 10.4. The van der Waals surface area contributed by atoms with Crippen molar-refractivity contribution in [2.75, 3.05) is 5.73 Å². The molecule has 0 aliphatic heterocycles. The molecule has 0 unspecified atom stereocenters. The van der Waals surface area contributed by atoms with E-state index in [0.29, 0.717) is 33.3 Å². The lowest BCUT2D eigenvalue weighted by Gasteiger charge is -2.13. The second kappa shape index (κ2) is 8.10. The molecule has 0 amide bonds. The molecule has 0 radical (unpaired) electrons. The van der Waals surface area contributed by atoms with Gasteiger partial charge in [0.25, 0.3) is 0 Å². The number of fused-ring (bicyclic) bond motifs is 1. The Bertz CT molecular complexity index is 1580. The minimum atomic E-state index is -0.444. The van der Waals surface area contributed by atoms with Crippen molar-refractivity contribution in [3.05, 3.63) is 93.6 Å². The largest absolute Gasteiger partial charge is 0.368 e. The van der Waals surface area contributed by atoms with Gasteiger partial charge in [0.1, 0.15) is 5.82 Å². The van der Waals surface area contributed by atoms with E-state index in [-0.39, 0.29) is 23.6 Å². The number of aromatic nitrogens is 6. The molecule has 10 heteroatoms. The molecule has 0 atom stereocenters. The van der Waals surface area contributed by atoms with E-state index in [4.69, 9.17) is 17.3 Å².